The molecule has 2 rings (SSSR count). The van der Waals surface area contributed by atoms with Crippen LogP contribution in [0.5, 0.6) is 5.75 Å². The maximum atomic E-state index is 6.05. The van der Waals surface area contributed by atoms with E-state index in [0.717, 1.165) is 28.1 Å². The van der Waals surface area contributed by atoms with Gasteiger partial charge in [-0.15, -0.1) is 0 Å². The second-order valence-corrected chi connectivity index (χ2v) is 6.28. The number of methoxy groups -OCH3 is 1. The van der Waals surface area contributed by atoms with E-state index in [1.807, 2.05) is 31.3 Å². The normalized spacial score (nSPS) is 12.2. The molecule has 0 amide bonds. The Hall–Kier alpha value is -1.03. The van der Waals surface area contributed by atoms with E-state index in [1.54, 1.807) is 7.11 Å². The zero-order valence-corrected chi connectivity index (χ0v) is 14.5. The highest BCUT2D eigenvalue weighted by molar-refractivity contribution is 9.10. The van der Waals surface area contributed by atoms with Crippen molar-refractivity contribution in [1.82, 2.24) is 5.32 Å². The van der Waals surface area contributed by atoms with Gasteiger partial charge in [0.1, 0.15) is 5.75 Å². The predicted molar refractivity (Wildman–Crippen MR) is 92.4 cm³/mol. The summed E-state index contributed by atoms with van der Waals surface area (Å²) in [5, 5.41) is 4.16. The second-order valence-electron chi connectivity index (χ2n) is 4.99. The average molecular weight is 369 g/mol. The van der Waals surface area contributed by atoms with Crippen molar-refractivity contribution in [2.75, 3.05) is 14.2 Å². The fourth-order valence-corrected chi connectivity index (χ4v) is 3.15. The smallest absolute Gasteiger partial charge is 0.133 e. The number of halogens is 2. The SMILES string of the molecule is CNC(Cc1cccc(Cl)c1)Cc1ccc(OC)c(Br)c1. The lowest BCUT2D eigenvalue weighted by atomic mass is 9.99. The van der Waals surface area contributed by atoms with E-state index < -0.39 is 0 Å². The van der Waals surface area contributed by atoms with Crippen molar-refractivity contribution >= 4 is 27.5 Å². The molecule has 0 heterocycles. The largest absolute Gasteiger partial charge is 0.496 e. The van der Waals surface area contributed by atoms with Crippen molar-refractivity contribution in [2.24, 2.45) is 0 Å². The van der Waals surface area contributed by atoms with Gasteiger partial charge in [0, 0.05) is 11.1 Å². The van der Waals surface area contributed by atoms with Gasteiger partial charge in [0.2, 0.25) is 0 Å². The Labute approximate surface area is 139 Å². The van der Waals surface area contributed by atoms with E-state index >= 15 is 0 Å². The van der Waals surface area contributed by atoms with E-state index in [9.17, 15) is 0 Å². The second kappa shape index (κ2) is 7.83. The molecule has 0 spiro atoms. The maximum absolute atomic E-state index is 6.05. The Morgan fingerprint density at radius 3 is 2.43 bits per heavy atom. The minimum absolute atomic E-state index is 0.365. The molecule has 1 atom stereocenters. The van der Waals surface area contributed by atoms with Gasteiger partial charge in [-0.25, -0.2) is 0 Å². The van der Waals surface area contributed by atoms with E-state index in [2.05, 4.69) is 39.4 Å². The highest BCUT2D eigenvalue weighted by Gasteiger charge is 2.10. The van der Waals surface area contributed by atoms with Gasteiger partial charge in [-0.1, -0.05) is 29.8 Å². The van der Waals surface area contributed by atoms with Crippen LogP contribution in [-0.4, -0.2) is 20.2 Å². The van der Waals surface area contributed by atoms with E-state index in [0.29, 0.717) is 6.04 Å². The number of benzene rings is 2. The molecule has 1 N–H and O–H groups in total. The Morgan fingerprint density at radius 2 is 1.86 bits per heavy atom. The molecular weight excluding hydrogens is 350 g/mol. The first-order valence-corrected chi connectivity index (χ1v) is 8.03. The lowest BCUT2D eigenvalue weighted by Crippen LogP contribution is -2.29. The van der Waals surface area contributed by atoms with E-state index in [1.165, 1.54) is 11.1 Å². The molecule has 21 heavy (non-hydrogen) atoms. The van der Waals surface area contributed by atoms with Gasteiger partial charge in [0.05, 0.1) is 11.6 Å². The monoisotopic (exact) mass is 367 g/mol. The van der Waals surface area contributed by atoms with Crippen molar-refractivity contribution < 1.29 is 4.74 Å². The number of hydrogen-bond acceptors (Lipinski definition) is 2. The zero-order valence-electron chi connectivity index (χ0n) is 12.2. The van der Waals surface area contributed by atoms with Crippen LogP contribution >= 0.6 is 27.5 Å². The zero-order chi connectivity index (χ0) is 15.2. The van der Waals surface area contributed by atoms with Crippen molar-refractivity contribution in [1.29, 1.82) is 0 Å². The first-order valence-electron chi connectivity index (χ1n) is 6.86. The van der Waals surface area contributed by atoms with Gasteiger partial charge in [-0.05, 0) is 71.2 Å². The molecule has 0 aliphatic carbocycles. The summed E-state index contributed by atoms with van der Waals surface area (Å²) in [7, 11) is 3.67. The van der Waals surface area contributed by atoms with E-state index in [-0.39, 0.29) is 0 Å². The quantitative estimate of drug-likeness (QED) is 0.811. The van der Waals surface area contributed by atoms with Gasteiger partial charge in [0.25, 0.3) is 0 Å². The Bertz CT molecular complexity index is 603. The fourth-order valence-electron chi connectivity index (χ4n) is 2.35. The van der Waals surface area contributed by atoms with Crippen molar-refractivity contribution in [2.45, 2.75) is 18.9 Å². The summed E-state index contributed by atoms with van der Waals surface area (Å²) in [4.78, 5) is 0. The van der Waals surface area contributed by atoms with Crippen LogP contribution in [0, 0.1) is 0 Å². The highest BCUT2D eigenvalue weighted by Crippen LogP contribution is 2.26. The van der Waals surface area contributed by atoms with Gasteiger partial charge in [-0.2, -0.15) is 0 Å². The lowest BCUT2D eigenvalue weighted by molar-refractivity contribution is 0.412. The summed E-state index contributed by atoms with van der Waals surface area (Å²) in [6.45, 7) is 0. The van der Waals surface area contributed by atoms with Crippen LogP contribution in [0.2, 0.25) is 5.02 Å². The van der Waals surface area contributed by atoms with Gasteiger partial charge in [0.15, 0.2) is 0 Å². The molecule has 0 saturated heterocycles. The van der Waals surface area contributed by atoms with Crippen LogP contribution < -0.4 is 10.1 Å². The van der Waals surface area contributed by atoms with Crippen LogP contribution in [-0.2, 0) is 12.8 Å². The van der Waals surface area contributed by atoms with Crippen LogP contribution in [0.1, 0.15) is 11.1 Å². The minimum atomic E-state index is 0.365. The number of nitrogens with one attached hydrogen (secondary N) is 1. The molecule has 0 aliphatic heterocycles. The van der Waals surface area contributed by atoms with Gasteiger partial charge >= 0.3 is 0 Å². The highest BCUT2D eigenvalue weighted by atomic mass is 79.9. The number of ether oxygens (including phenoxy) is 1. The Morgan fingerprint density at radius 1 is 1.14 bits per heavy atom. The molecule has 0 aromatic heterocycles. The van der Waals surface area contributed by atoms with Gasteiger partial charge < -0.3 is 10.1 Å². The molecule has 0 fully saturated rings. The van der Waals surface area contributed by atoms with Crippen LogP contribution in [0.3, 0.4) is 0 Å². The van der Waals surface area contributed by atoms with Crippen molar-refractivity contribution in [3.8, 4) is 5.75 Å². The summed E-state index contributed by atoms with van der Waals surface area (Å²) in [6.07, 6.45) is 1.90. The fraction of sp³-hybridized carbons (Fsp3) is 0.294. The maximum Gasteiger partial charge on any atom is 0.133 e. The van der Waals surface area contributed by atoms with Crippen molar-refractivity contribution in [3.63, 3.8) is 0 Å². The number of likely N-dealkylation sites (N-methyl/N-ethyl adjacent to an activating group) is 1. The molecular formula is C17H19BrClNO. The molecule has 2 aromatic rings. The Kier molecular flexibility index (Phi) is 6.09. The molecule has 2 nitrogen and oxygen atoms in total. The molecule has 4 heteroatoms. The lowest BCUT2D eigenvalue weighted by Gasteiger charge is -2.17. The van der Waals surface area contributed by atoms with Crippen LogP contribution in [0.4, 0.5) is 0 Å². The third-order valence-electron chi connectivity index (χ3n) is 3.48. The summed E-state index contributed by atoms with van der Waals surface area (Å²) in [6, 6.07) is 14.6. The van der Waals surface area contributed by atoms with Crippen LogP contribution in [0.15, 0.2) is 46.9 Å². The average Bonchev–Trinajstić information content (AvgIpc) is 2.47. The first kappa shape index (κ1) is 16.3. The molecule has 2 aromatic carbocycles. The first-order chi connectivity index (χ1) is 10.1. The van der Waals surface area contributed by atoms with Crippen LogP contribution in [0.25, 0.3) is 0 Å². The molecule has 112 valence electrons. The molecule has 0 saturated carbocycles. The molecule has 0 bridgehead atoms. The van der Waals surface area contributed by atoms with E-state index in [4.69, 9.17) is 16.3 Å². The van der Waals surface area contributed by atoms with Gasteiger partial charge in [-0.3, -0.25) is 0 Å². The summed E-state index contributed by atoms with van der Waals surface area (Å²) >= 11 is 9.58. The topological polar surface area (TPSA) is 21.3 Å². The minimum Gasteiger partial charge on any atom is -0.496 e. The molecule has 0 aliphatic rings. The third kappa shape index (κ3) is 4.73. The summed E-state index contributed by atoms with van der Waals surface area (Å²) < 4.78 is 6.25. The molecule has 1 unspecified atom stereocenters. The number of rotatable bonds is 6. The molecule has 0 radical (unpaired) electrons. The summed E-state index contributed by atoms with van der Waals surface area (Å²) in [5.41, 5.74) is 2.51. The number of hydrogen-bond donors (Lipinski definition) is 1. The Balaban J connectivity index is 2.07. The predicted octanol–water partition coefficient (Wildman–Crippen LogP) is 4.48. The standard InChI is InChI=1S/C17H19BrClNO/c1-20-15(9-12-4-3-5-14(19)8-12)10-13-6-7-17(21-2)16(18)11-13/h3-8,11,15,20H,9-10H2,1-2H3. The third-order valence-corrected chi connectivity index (χ3v) is 4.33. The summed E-state index contributed by atoms with van der Waals surface area (Å²) in [5.74, 6) is 0.856. The van der Waals surface area contributed by atoms with Crippen molar-refractivity contribution in [3.05, 3.63) is 63.1 Å².